The van der Waals surface area contributed by atoms with Crippen LogP contribution in [-0.4, -0.2) is 16.8 Å². The Balaban J connectivity index is 2.81. The van der Waals surface area contributed by atoms with E-state index in [-0.39, 0.29) is 5.92 Å². The van der Waals surface area contributed by atoms with Crippen LogP contribution in [0.3, 0.4) is 0 Å². The Labute approximate surface area is 85.7 Å². The minimum atomic E-state index is 0.222. The monoisotopic (exact) mass is 200 g/mol. The summed E-state index contributed by atoms with van der Waals surface area (Å²) in [6.45, 7) is 10.6. The molecular weight excluding hydrogens is 180 g/mol. The Kier molecular flexibility index (Phi) is 3.11. The van der Waals surface area contributed by atoms with E-state index >= 15 is 0 Å². The van der Waals surface area contributed by atoms with Crippen LogP contribution in [0, 0.1) is 17.3 Å². The first kappa shape index (κ1) is 11.1. The number of thioether (sulfide) groups is 1. The second kappa shape index (κ2) is 3.64. The third-order valence-electron chi connectivity index (χ3n) is 3.31. The van der Waals surface area contributed by atoms with Crippen molar-refractivity contribution in [2.45, 2.75) is 39.9 Å². The van der Waals surface area contributed by atoms with Crippen molar-refractivity contribution in [1.29, 1.82) is 0 Å². The number of carbonyl (C=O) groups is 1. The molecule has 0 saturated carbocycles. The van der Waals surface area contributed by atoms with Gasteiger partial charge in [-0.3, -0.25) is 4.79 Å². The lowest BCUT2D eigenvalue weighted by Crippen LogP contribution is -2.34. The molecule has 1 fully saturated rings. The third-order valence-corrected chi connectivity index (χ3v) is 5.04. The molecule has 1 rings (SSSR count). The van der Waals surface area contributed by atoms with E-state index in [9.17, 15) is 4.79 Å². The molecule has 0 spiro atoms. The summed E-state index contributed by atoms with van der Waals surface area (Å²) in [6, 6.07) is 0. The Morgan fingerprint density at radius 2 is 2.08 bits per heavy atom. The van der Waals surface area contributed by atoms with E-state index in [1.165, 1.54) is 5.75 Å². The maximum Gasteiger partial charge on any atom is 0.132 e. The van der Waals surface area contributed by atoms with Gasteiger partial charge in [0, 0.05) is 11.2 Å². The zero-order chi connectivity index (χ0) is 10.2. The summed E-state index contributed by atoms with van der Waals surface area (Å²) in [6.07, 6.45) is 0. The number of ketones is 1. The highest BCUT2D eigenvalue weighted by Gasteiger charge is 2.44. The number of Topliss-reactive ketones (excluding diaryl/α,β-unsaturated/α-hetero) is 1. The van der Waals surface area contributed by atoms with Crippen molar-refractivity contribution >= 4 is 17.5 Å². The predicted octanol–water partition coefficient (Wildman–Crippen LogP) is 2.99. The zero-order valence-corrected chi connectivity index (χ0v) is 10.1. The van der Waals surface area contributed by atoms with Gasteiger partial charge in [-0.05, 0) is 24.0 Å². The van der Waals surface area contributed by atoms with Crippen molar-refractivity contribution in [2.75, 3.05) is 5.75 Å². The molecule has 13 heavy (non-hydrogen) atoms. The quantitative estimate of drug-likeness (QED) is 0.681. The lowest BCUT2D eigenvalue weighted by atomic mass is 9.71. The van der Waals surface area contributed by atoms with Gasteiger partial charge in [-0.2, -0.15) is 11.8 Å². The van der Waals surface area contributed by atoms with Crippen LogP contribution in [0.15, 0.2) is 0 Å². The first-order valence-electron chi connectivity index (χ1n) is 4.98. The molecule has 1 heterocycles. The van der Waals surface area contributed by atoms with Crippen molar-refractivity contribution in [3.05, 3.63) is 0 Å². The molecule has 1 saturated heterocycles. The SMILES string of the molecule is CC(=O)C(C)C1C(C)SCC1(C)C. The molecule has 1 aliphatic heterocycles. The van der Waals surface area contributed by atoms with E-state index < -0.39 is 0 Å². The summed E-state index contributed by atoms with van der Waals surface area (Å²) >= 11 is 2.01. The van der Waals surface area contributed by atoms with Crippen molar-refractivity contribution in [2.24, 2.45) is 17.3 Å². The lowest BCUT2D eigenvalue weighted by Gasteiger charge is -2.32. The van der Waals surface area contributed by atoms with Crippen molar-refractivity contribution in [1.82, 2.24) is 0 Å². The first-order valence-corrected chi connectivity index (χ1v) is 6.03. The summed E-state index contributed by atoms with van der Waals surface area (Å²) < 4.78 is 0. The Morgan fingerprint density at radius 1 is 1.54 bits per heavy atom. The van der Waals surface area contributed by atoms with E-state index in [2.05, 4.69) is 27.7 Å². The molecule has 76 valence electrons. The number of hydrogen-bond donors (Lipinski definition) is 0. The molecule has 0 aromatic heterocycles. The Morgan fingerprint density at radius 3 is 2.38 bits per heavy atom. The van der Waals surface area contributed by atoms with E-state index in [0.717, 1.165) is 0 Å². The molecule has 0 N–H and O–H groups in total. The van der Waals surface area contributed by atoms with Crippen LogP contribution in [0.4, 0.5) is 0 Å². The van der Waals surface area contributed by atoms with Gasteiger partial charge in [0.1, 0.15) is 5.78 Å². The number of rotatable bonds is 2. The van der Waals surface area contributed by atoms with Gasteiger partial charge in [0.25, 0.3) is 0 Å². The van der Waals surface area contributed by atoms with Crippen LogP contribution < -0.4 is 0 Å². The van der Waals surface area contributed by atoms with Gasteiger partial charge in [-0.1, -0.05) is 27.7 Å². The van der Waals surface area contributed by atoms with E-state index in [0.29, 0.717) is 22.4 Å². The predicted molar refractivity (Wildman–Crippen MR) is 59.0 cm³/mol. The molecule has 0 bridgehead atoms. The lowest BCUT2D eigenvalue weighted by molar-refractivity contribution is -0.122. The molecule has 0 aliphatic carbocycles. The first-order chi connectivity index (χ1) is 5.86. The molecule has 0 aromatic rings. The molecule has 1 aliphatic rings. The third kappa shape index (κ3) is 2.09. The van der Waals surface area contributed by atoms with Gasteiger partial charge < -0.3 is 0 Å². The normalized spacial score (nSPS) is 34.5. The van der Waals surface area contributed by atoms with Gasteiger partial charge in [0.05, 0.1) is 0 Å². The number of hydrogen-bond acceptors (Lipinski definition) is 2. The minimum absolute atomic E-state index is 0.222. The van der Waals surface area contributed by atoms with Crippen molar-refractivity contribution in [3.63, 3.8) is 0 Å². The summed E-state index contributed by atoms with van der Waals surface area (Å²) in [5.41, 5.74) is 0.329. The average Bonchev–Trinajstić information content (AvgIpc) is 2.25. The smallest absolute Gasteiger partial charge is 0.132 e. The second-order valence-corrected chi connectivity index (χ2v) is 6.30. The van der Waals surface area contributed by atoms with Crippen LogP contribution >= 0.6 is 11.8 Å². The van der Waals surface area contributed by atoms with Gasteiger partial charge in [-0.25, -0.2) is 0 Å². The van der Waals surface area contributed by atoms with Crippen molar-refractivity contribution in [3.8, 4) is 0 Å². The fraction of sp³-hybridized carbons (Fsp3) is 0.909. The molecular formula is C11H20OS. The van der Waals surface area contributed by atoms with Crippen LogP contribution in [0.5, 0.6) is 0 Å². The highest BCUT2D eigenvalue weighted by Crippen LogP contribution is 2.49. The van der Waals surface area contributed by atoms with Crippen LogP contribution in [0.2, 0.25) is 0 Å². The van der Waals surface area contributed by atoms with Crippen LogP contribution in [0.25, 0.3) is 0 Å². The van der Waals surface area contributed by atoms with E-state index in [1.54, 1.807) is 6.92 Å². The molecule has 3 unspecified atom stereocenters. The molecule has 0 radical (unpaired) electrons. The highest BCUT2D eigenvalue weighted by atomic mass is 32.2. The highest BCUT2D eigenvalue weighted by molar-refractivity contribution is 8.00. The second-order valence-electron chi connectivity index (χ2n) is 4.93. The van der Waals surface area contributed by atoms with E-state index in [4.69, 9.17) is 0 Å². The molecule has 0 aromatic carbocycles. The van der Waals surface area contributed by atoms with Crippen LogP contribution in [-0.2, 0) is 4.79 Å². The fourth-order valence-corrected chi connectivity index (χ4v) is 4.21. The number of carbonyl (C=O) groups excluding carboxylic acids is 1. The molecule has 3 atom stereocenters. The maximum absolute atomic E-state index is 11.4. The van der Waals surface area contributed by atoms with Gasteiger partial charge >= 0.3 is 0 Å². The average molecular weight is 200 g/mol. The molecule has 2 heteroatoms. The van der Waals surface area contributed by atoms with Crippen molar-refractivity contribution < 1.29 is 4.79 Å². The fourth-order valence-electron chi connectivity index (χ4n) is 2.52. The van der Waals surface area contributed by atoms with Gasteiger partial charge in [0.15, 0.2) is 0 Å². The summed E-state index contributed by atoms with van der Waals surface area (Å²) in [7, 11) is 0. The topological polar surface area (TPSA) is 17.1 Å². The van der Waals surface area contributed by atoms with Gasteiger partial charge in [-0.15, -0.1) is 0 Å². The maximum atomic E-state index is 11.4. The van der Waals surface area contributed by atoms with Crippen LogP contribution in [0.1, 0.15) is 34.6 Å². The summed E-state index contributed by atoms with van der Waals surface area (Å²) in [5.74, 6) is 2.30. The van der Waals surface area contributed by atoms with Gasteiger partial charge in [0.2, 0.25) is 0 Å². The molecule has 1 nitrogen and oxygen atoms in total. The Hall–Kier alpha value is 0.0200. The molecule has 0 amide bonds. The minimum Gasteiger partial charge on any atom is -0.300 e. The largest absolute Gasteiger partial charge is 0.300 e. The Bertz CT molecular complexity index is 210. The summed E-state index contributed by atoms with van der Waals surface area (Å²) in [4.78, 5) is 11.4. The zero-order valence-electron chi connectivity index (χ0n) is 9.26. The van der Waals surface area contributed by atoms with E-state index in [1.807, 2.05) is 11.8 Å². The summed E-state index contributed by atoms with van der Waals surface area (Å²) in [5, 5.41) is 0.633. The standard InChI is InChI=1S/C11H20OS/c1-7(8(2)12)10-9(3)13-6-11(10,4)5/h7,9-10H,6H2,1-5H3.